The van der Waals surface area contributed by atoms with Crippen LogP contribution in [0.3, 0.4) is 0 Å². The summed E-state index contributed by atoms with van der Waals surface area (Å²) in [6.07, 6.45) is 0.354. The van der Waals surface area contributed by atoms with Crippen LogP contribution in [0.2, 0.25) is 0 Å². The summed E-state index contributed by atoms with van der Waals surface area (Å²) in [6, 6.07) is 6.91. The number of rotatable bonds is 4. The largest absolute Gasteiger partial charge is 0.462 e. The Labute approximate surface area is 183 Å². The summed E-state index contributed by atoms with van der Waals surface area (Å²) in [5.41, 5.74) is 0.393. The van der Waals surface area contributed by atoms with Crippen molar-refractivity contribution in [3.8, 4) is 0 Å². The van der Waals surface area contributed by atoms with Crippen LogP contribution in [-0.2, 0) is 42.7 Å². The summed E-state index contributed by atoms with van der Waals surface area (Å²) in [7, 11) is -3.26. The number of fused-ring (bicyclic) bond motifs is 2. The molecule has 1 N–H and O–H groups in total. The van der Waals surface area contributed by atoms with Gasteiger partial charge < -0.3 is 14.8 Å². The van der Waals surface area contributed by atoms with Gasteiger partial charge in [-0.05, 0) is 37.5 Å². The first-order valence-electron chi connectivity index (χ1n) is 9.78. The molecule has 2 aliphatic heterocycles. The van der Waals surface area contributed by atoms with Crippen LogP contribution in [0.5, 0.6) is 0 Å². The quantitative estimate of drug-likeness (QED) is 0.693. The van der Waals surface area contributed by atoms with E-state index in [4.69, 9.17) is 9.47 Å². The van der Waals surface area contributed by atoms with Crippen molar-refractivity contribution in [1.29, 1.82) is 0 Å². The molecule has 3 heterocycles. The van der Waals surface area contributed by atoms with Gasteiger partial charge in [0.2, 0.25) is 0 Å². The fraction of sp³-hybridized carbons (Fsp3) is 0.381. The fourth-order valence-electron chi connectivity index (χ4n) is 3.82. The number of sulfone groups is 1. The van der Waals surface area contributed by atoms with E-state index in [-0.39, 0.29) is 41.5 Å². The lowest BCUT2D eigenvalue weighted by Gasteiger charge is -2.32. The van der Waals surface area contributed by atoms with Crippen molar-refractivity contribution in [2.75, 3.05) is 17.7 Å². The highest BCUT2D eigenvalue weighted by atomic mass is 32.2. The summed E-state index contributed by atoms with van der Waals surface area (Å²) in [5.74, 6) is -2.06. The molecule has 8 nitrogen and oxygen atoms in total. The molecule has 2 aromatic rings. The van der Waals surface area contributed by atoms with Gasteiger partial charge in [-0.1, -0.05) is 18.2 Å². The SMILES string of the molecule is CCOC(=O)c1c(NC(=O)C2(C)Cc3ccccc3C(=O)O2)sc2c1CCS(=O)(=O)C2. The van der Waals surface area contributed by atoms with E-state index in [1.54, 1.807) is 31.2 Å². The van der Waals surface area contributed by atoms with Crippen LogP contribution in [0.1, 0.15) is 50.6 Å². The number of anilines is 1. The molecule has 0 bridgehead atoms. The van der Waals surface area contributed by atoms with Gasteiger partial charge in [0, 0.05) is 11.3 Å². The molecule has 4 rings (SSSR count). The van der Waals surface area contributed by atoms with Crippen LogP contribution >= 0.6 is 11.3 Å². The van der Waals surface area contributed by atoms with Crippen molar-refractivity contribution in [2.24, 2.45) is 0 Å². The third-order valence-electron chi connectivity index (χ3n) is 5.37. The Kier molecular flexibility index (Phi) is 5.38. The maximum atomic E-state index is 13.2. The monoisotopic (exact) mass is 463 g/mol. The van der Waals surface area contributed by atoms with E-state index >= 15 is 0 Å². The molecule has 0 radical (unpaired) electrons. The molecule has 0 saturated carbocycles. The van der Waals surface area contributed by atoms with Crippen LogP contribution in [-0.4, -0.2) is 44.2 Å². The first-order valence-corrected chi connectivity index (χ1v) is 12.4. The van der Waals surface area contributed by atoms with Crippen LogP contribution < -0.4 is 5.32 Å². The molecule has 0 spiro atoms. The lowest BCUT2D eigenvalue weighted by Crippen LogP contribution is -2.48. The lowest BCUT2D eigenvalue weighted by molar-refractivity contribution is -0.134. The molecule has 1 amide bonds. The average Bonchev–Trinajstić information content (AvgIpc) is 3.03. The molecular formula is C21H21NO7S2. The van der Waals surface area contributed by atoms with E-state index in [1.807, 2.05) is 0 Å². The van der Waals surface area contributed by atoms with Crippen molar-refractivity contribution >= 4 is 44.0 Å². The maximum absolute atomic E-state index is 13.2. The minimum Gasteiger partial charge on any atom is -0.462 e. The zero-order valence-corrected chi connectivity index (χ0v) is 18.7. The molecule has 1 aromatic heterocycles. The van der Waals surface area contributed by atoms with Crippen molar-refractivity contribution < 1.29 is 32.3 Å². The zero-order chi connectivity index (χ0) is 22.4. The third kappa shape index (κ3) is 3.97. The molecule has 31 heavy (non-hydrogen) atoms. The van der Waals surface area contributed by atoms with Crippen LogP contribution in [0.15, 0.2) is 24.3 Å². The Balaban J connectivity index is 1.68. The number of thiophene rings is 1. The minimum absolute atomic E-state index is 0.0668. The first-order chi connectivity index (χ1) is 14.6. The molecule has 2 aliphatic rings. The molecule has 1 atom stereocenters. The Morgan fingerprint density at radius 1 is 1.29 bits per heavy atom. The highest BCUT2D eigenvalue weighted by molar-refractivity contribution is 7.90. The summed E-state index contributed by atoms with van der Waals surface area (Å²) >= 11 is 1.04. The molecule has 1 aromatic carbocycles. The lowest BCUT2D eigenvalue weighted by atomic mass is 9.89. The van der Waals surface area contributed by atoms with E-state index < -0.39 is 33.3 Å². The highest BCUT2D eigenvalue weighted by Gasteiger charge is 2.43. The van der Waals surface area contributed by atoms with Gasteiger partial charge in [0.15, 0.2) is 15.4 Å². The molecule has 164 valence electrons. The Morgan fingerprint density at radius 3 is 2.77 bits per heavy atom. The first kappa shape index (κ1) is 21.5. The number of esters is 2. The number of carbonyl (C=O) groups is 3. The van der Waals surface area contributed by atoms with Gasteiger partial charge in [-0.25, -0.2) is 18.0 Å². The van der Waals surface area contributed by atoms with Gasteiger partial charge in [0.1, 0.15) is 5.00 Å². The van der Waals surface area contributed by atoms with E-state index in [9.17, 15) is 22.8 Å². The number of carbonyl (C=O) groups excluding carboxylic acids is 3. The third-order valence-corrected chi connectivity index (χ3v) is 8.26. The summed E-state index contributed by atoms with van der Waals surface area (Å²) in [6.45, 7) is 3.32. The van der Waals surface area contributed by atoms with Gasteiger partial charge in [0.05, 0.1) is 29.2 Å². The van der Waals surface area contributed by atoms with E-state index in [0.717, 1.165) is 11.3 Å². The van der Waals surface area contributed by atoms with Crippen LogP contribution in [0, 0.1) is 0 Å². The number of ether oxygens (including phenoxy) is 2. The molecular weight excluding hydrogens is 442 g/mol. The molecule has 0 saturated heterocycles. The number of hydrogen-bond donors (Lipinski definition) is 1. The van der Waals surface area contributed by atoms with E-state index in [0.29, 0.717) is 21.6 Å². The summed E-state index contributed by atoms with van der Waals surface area (Å²) < 4.78 is 34.7. The number of hydrogen-bond acceptors (Lipinski definition) is 8. The zero-order valence-electron chi connectivity index (χ0n) is 17.0. The number of amides is 1. The Bertz CT molecular complexity index is 1200. The highest BCUT2D eigenvalue weighted by Crippen LogP contribution is 2.39. The number of nitrogens with one attached hydrogen (secondary N) is 1. The Hall–Kier alpha value is -2.72. The standard InChI is InChI=1S/C21H21NO7S2/c1-3-28-19(24)16-14-8-9-31(26,27)11-15(14)30-17(16)22-20(25)21(2)10-12-6-4-5-7-13(12)18(23)29-21/h4-7H,3,8-11H2,1-2H3,(H,22,25). The number of benzene rings is 1. The predicted octanol–water partition coefficient (Wildman–Crippen LogP) is 2.51. The van der Waals surface area contributed by atoms with Crippen molar-refractivity contribution in [1.82, 2.24) is 0 Å². The van der Waals surface area contributed by atoms with Gasteiger partial charge in [-0.15, -0.1) is 11.3 Å². The fourth-order valence-corrected chi connectivity index (χ4v) is 6.86. The maximum Gasteiger partial charge on any atom is 0.341 e. The van der Waals surface area contributed by atoms with Crippen LogP contribution in [0.25, 0.3) is 0 Å². The predicted molar refractivity (Wildman–Crippen MR) is 114 cm³/mol. The van der Waals surface area contributed by atoms with Crippen molar-refractivity contribution in [3.63, 3.8) is 0 Å². The average molecular weight is 464 g/mol. The summed E-state index contributed by atoms with van der Waals surface area (Å²) in [5, 5.41) is 2.91. The number of cyclic esters (lactones) is 1. The second-order valence-electron chi connectivity index (χ2n) is 7.68. The summed E-state index contributed by atoms with van der Waals surface area (Å²) in [4.78, 5) is 38.7. The van der Waals surface area contributed by atoms with Gasteiger partial charge >= 0.3 is 11.9 Å². The van der Waals surface area contributed by atoms with Gasteiger partial charge in [-0.2, -0.15) is 0 Å². The van der Waals surface area contributed by atoms with Crippen LogP contribution in [0.4, 0.5) is 5.00 Å². The van der Waals surface area contributed by atoms with Crippen molar-refractivity contribution in [3.05, 3.63) is 51.4 Å². The van der Waals surface area contributed by atoms with Gasteiger partial charge in [-0.3, -0.25) is 4.79 Å². The Morgan fingerprint density at radius 2 is 2.03 bits per heavy atom. The molecule has 10 heteroatoms. The normalized spacial score (nSPS) is 21.4. The van der Waals surface area contributed by atoms with E-state index in [2.05, 4.69) is 5.32 Å². The molecule has 0 fully saturated rings. The van der Waals surface area contributed by atoms with Crippen molar-refractivity contribution in [2.45, 2.75) is 38.0 Å². The second kappa shape index (κ2) is 7.76. The topological polar surface area (TPSA) is 116 Å². The molecule has 0 aliphatic carbocycles. The van der Waals surface area contributed by atoms with Gasteiger partial charge in [0.25, 0.3) is 5.91 Å². The second-order valence-corrected chi connectivity index (χ2v) is 11.0. The van der Waals surface area contributed by atoms with E-state index in [1.165, 1.54) is 6.92 Å². The smallest absolute Gasteiger partial charge is 0.341 e. The minimum atomic E-state index is -3.26. The molecule has 1 unspecified atom stereocenters.